The normalized spacial score (nSPS) is 14.4. The predicted octanol–water partition coefficient (Wildman–Crippen LogP) is 1.07. The van der Waals surface area contributed by atoms with Crippen LogP contribution in [0.3, 0.4) is 0 Å². The fourth-order valence-electron chi connectivity index (χ4n) is 3.06. The van der Waals surface area contributed by atoms with E-state index in [0.717, 1.165) is 16.5 Å². The molecule has 29 heavy (non-hydrogen) atoms. The van der Waals surface area contributed by atoms with Gasteiger partial charge in [-0.05, 0) is 24.0 Å². The van der Waals surface area contributed by atoms with Crippen LogP contribution in [0.5, 0.6) is 0 Å². The van der Waals surface area contributed by atoms with Crippen LogP contribution < -0.4 is 16.4 Å². The first kappa shape index (κ1) is 22.8. The van der Waals surface area contributed by atoms with Gasteiger partial charge < -0.3 is 26.5 Å². The monoisotopic (exact) mass is 420 g/mol. The van der Waals surface area contributed by atoms with Gasteiger partial charge in [-0.2, -0.15) is 12.6 Å². The summed E-state index contributed by atoms with van der Waals surface area (Å²) in [6.45, 7) is 3.75. The van der Waals surface area contributed by atoms with Crippen LogP contribution in [0, 0.1) is 5.92 Å². The lowest BCUT2D eigenvalue weighted by molar-refractivity contribution is -0.142. The molecule has 158 valence electrons. The molecule has 0 spiro atoms. The second-order valence-corrected chi connectivity index (χ2v) is 7.81. The van der Waals surface area contributed by atoms with Crippen molar-refractivity contribution < 1.29 is 19.5 Å². The van der Waals surface area contributed by atoms with E-state index in [1.54, 1.807) is 6.20 Å². The molecule has 1 aromatic heterocycles. The maximum atomic E-state index is 12.9. The number of thiol groups is 1. The van der Waals surface area contributed by atoms with Crippen LogP contribution in [-0.2, 0) is 20.8 Å². The summed E-state index contributed by atoms with van der Waals surface area (Å²) in [5.74, 6) is -2.00. The SMILES string of the molecule is CC(C)CC(NC(=O)C(Cc1c[nH]c2ccccc12)NC(=O)C(N)CS)C(=O)O. The highest BCUT2D eigenvalue weighted by molar-refractivity contribution is 7.80. The molecule has 0 saturated carbocycles. The Morgan fingerprint density at radius 2 is 1.79 bits per heavy atom. The molecule has 0 aliphatic rings. The summed E-state index contributed by atoms with van der Waals surface area (Å²) in [5, 5.41) is 15.5. The van der Waals surface area contributed by atoms with Gasteiger partial charge in [0.15, 0.2) is 0 Å². The van der Waals surface area contributed by atoms with Crippen molar-refractivity contribution in [1.82, 2.24) is 15.6 Å². The van der Waals surface area contributed by atoms with Gasteiger partial charge in [0.05, 0.1) is 6.04 Å². The van der Waals surface area contributed by atoms with Crippen LogP contribution >= 0.6 is 12.6 Å². The molecule has 6 N–H and O–H groups in total. The Hall–Kier alpha value is -2.52. The number of benzene rings is 1. The van der Waals surface area contributed by atoms with E-state index in [2.05, 4.69) is 28.2 Å². The lowest BCUT2D eigenvalue weighted by Crippen LogP contribution is -2.55. The molecule has 2 rings (SSSR count). The molecular formula is C20H28N4O4S. The minimum Gasteiger partial charge on any atom is -0.480 e. The summed E-state index contributed by atoms with van der Waals surface area (Å²) >= 11 is 4.02. The Kier molecular flexibility index (Phi) is 8.10. The number of carbonyl (C=O) groups is 3. The Morgan fingerprint density at radius 3 is 2.41 bits per heavy atom. The summed E-state index contributed by atoms with van der Waals surface area (Å²) in [6.07, 6.45) is 2.25. The number of carbonyl (C=O) groups excluding carboxylic acids is 2. The maximum Gasteiger partial charge on any atom is 0.326 e. The molecule has 2 amide bonds. The molecule has 0 fully saturated rings. The molecule has 0 radical (unpaired) electrons. The molecule has 1 aromatic carbocycles. The lowest BCUT2D eigenvalue weighted by Gasteiger charge is -2.23. The zero-order chi connectivity index (χ0) is 21.6. The molecule has 3 unspecified atom stereocenters. The van der Waals surface area contributed by atoms with Crippen molar-refractivity contribution in [3.63, 3.8) is 0 Å². The maximum absolute atomic E-state index is 12.9. The van der Waals surface area contributed by atoms with Gasteiger partial charge in [0, 0.05) is 29.3 Å². The summed E-state index contributed by atoms with van der Waals surface area (Å²) in [4.78, 5) is 39.8. The molecule has 9 heteroatoms. The third-order valence-electron chi connectivity index (χ3n) is 4.59. The van der Waals surface area contributed by atoms with Gasteiger partial charge in [0.25, 0.3) is 0 Å². The Labute approximate surface area is 175 Å². The zero-order valence-corrected chi connectivity index (χ0v) is 17.4. The summed E-state index contributed by atoms with van der Waals surface area (Å²) in [5.41, 5.74) is 7.46. The Bertz CT molecular complexity index is 867. The van der Waals surface area contributed by atoms with E-state index in [-0.39, 0.29) is 24.5 Å². The van der Waals surface area contributed by atoms with Crippen LogP contribution in [0.15, 0.2) is 30.5 Å². The van der Waals surface area contributed by atoms with Gasteiger partial charge in [-0.15, -0.1) is 0 Å². The highest BCUT2D eigenvalue weighted by Gasteiger charge is 2.29. The molecule has 1 heterocycles. The van der Waals surface area contributed by atoms with Crippen molar-refractivity contribution in [2.24, 2.45) is 11.7 Å². The molecule has 0 aliphatic heterocycles. The van der Waals surface area contributed by atoms with Crippen molar-refractivity contribution in [1.29, 1.82) is 0 Å². The fourth-order valence-corrected chi connectivity index (χ4v) is 3.22. The van der Waals surface area contributed by atoms with Gasteiger partial charge in [-0.25, -0.2) is 4.79 Å². The number of amides is 2. The van der Waals surface area contributed by atoms with E-state index in [0.29, 0.717) is 0 Å². The molecular weight excluding hydrogens is 392 g/mol. The number of hydrogen-bond acceptors (Lipinski definition) is 5. The average molecular weight is 421 g/mol. The summed E-state index contributed by atoms with van der Waals surface area (Å²) < 4.78 is 0. The quantitative estimate of drug-likeness (QED) is 0.319. The lowest BCUT2D eigenvalue weighted by atomic mass is 10.0. The average Bonchev–Trinajstić information content (AvgIpc) is 3.08. The molecule has 0 bridgehead atoms. The minimum absolute atomic E-state index is 0.0793. The number of H-pyrrole nitrogens is 1. The second kappa shape index (κ2) is 10.3. The number of nitrogens with two attached hydrogens (primary N) is 1. The number of carboxylic acids is 1. The van der Waals surface area contributed by atoms with Crippen LogP contribution in [-0.4, -0.2) is 51.8 Å². The van der Waals surface area contributed by atoms with Crippen LogP contribution in [0.1, 0.15) is 25.8 Å². The van der Waals surface area contributed by atoms with E-state index in [1.165, 1.54) is 0 Å². The Balaban J connectivity index is 2.24. The number of aliphatic carboxylic acids is 1. The Morgan fingerprint density at radius 1 is 1.14 bits per heavy atom. The molecule has 8 nitrogen and oxygen atoms in total. The number of aromatic amines is 1. The van der Waals surface area contributed by atoms with Gasteiger partial charge in [0.1, 0.15) is 12.1 Å². The number of rotatable bonds is 10. The van der Waals surface area contributed by atoms with Gasteiger partial charge in [-0.1, -0.05) is 32.0 Å². The molecule has 3 atom stereocenters. The van der Waals surface area contributed by atoms with Crippen molar-refractivity contribution >= 4 is 41.3 Å². The van der Waals surface area contributed by atoms with E-state index < -0.39 is 35.9 Å². The van der Waals surface area contributed by atoms with Gasteiger partial charge in [0.2, 0.25) is 11.8 Å². The second-order valence-electron chi connectivity index (χ2n) is 7.44. The van der Waals surface area contributed by atoms with Crippen molar-refractivity contribution in [2.75, 3.05) is 5.75 Å². The topological polar surface area (TPSA) is 137 Å². The number of para-hydroxylation sites is 1. The number of fused-ring (bicyclic) bond motifs is 1. The first-order valence-corrected chi connectivity index (χ1v) is 10.1. The third-order valence-corrected chi connectivity index (χ3v) is 4.98. The number of nitrogens with one attached hydrogen (secondary N) is 3. The predicted molar refractivity (Wildman–Crippen MR) is 115 cm³/mol. The van der Waals surface area contributed by atoms with Crippen LogP contribution in [0.25, 0.3) is 10.9 Å². The van der Waals surface area contributed by atoms with E-state index in [4.69, 9.17) is 5.73 Å². The third kappa shape index (κ3) is 6.23. The largest absolute Gasteiger partial charge is 0.480 e. The van der Waals surface area contributed by atoms with E-state index in [9.17, 15) is 19.5 Å². The van der Waals surface area contributed by atoms with Crippen molar-refractivity contribution in [2.45, 2.75) is 44.8 Å². The van der Waals surface area contributed by atoms with Gasteiger partial charge >= 0.3 is 5.97 Å². The summed E-state index contributed by atoms with van der Waals surface area (Å²) in [7, 11) is 0. The molecule has 0 saturated heterocycles. The van der Waals surface area contributed by atoms with Crippen LogP contribution in [0.4, 0.5) is 0 Å². The minimum atomic E-state index is -1.11. The first-order chi connectivity index (χ1) is 13.7. The van der Waals surface area contributed by atoms with Crippen molar-refractivity contribution in [3.05, 3.63) is 36.0 Å². The highest BCUT2D eigenvalue weighted by Crippen LogP contribution is 2.19. The fraction of sp³-hybridized carbons (Fsp3) is 0.450. The smallest absolute Gasteiger partial charge is 0.326 e. The first-order valence-electron chi connectivity index (χ1n) is 9.47. The standard InChI is InChI=1S/C20H28N4O4S/c1-11(2)7-17(20(27)28)24-19(26)16(23-18(25)14(21)10-29)8-12-9-22-15-6-4-3-5-13(12)15/h3-6,9,11,14,16-17,22,29H,7-8,10,21H2,1-2H3,(H,23,25)(H,24,26)(H,27,28). The number of carboxylic acid groups (broad SMARTS) is 1. The number of hydrogen-bond donors (Lipinski definition) is 6. The highest BCUT2D eigenvalue weighted by atomic mass is 32.1. The van der Waals surface area contributed by atoms with Gasteiger partial charge in [-0.3, -0.25) is 9.59 Å². The summed E-state index contributed by atoms with van der Waals surface area (Å²) in [6, 6.07) is 4.71. The van der Waals surface area contributed by atoms with Crippen LogP contribution in [0.2, 0.25) is 0 Å². The molecule has 2 aromatic rings. The van der Waals surface area contributed by atoms with E-state index in [1.807, 2.05) is 38.1 Å². The van der Waals surface area contributed by atoms with E-state index >= 15 is 0 Å². The zero-order valence-electron chi connectivity index (χ0n) is 16.5. The molecule has 0 aliphatic carbocycles. The van der Waals surface area contributed by atoms with Crippen molar-refractivity contribution in [3.8, 4) is 0 Å². The number of aromatic nitrogens is 1.